The maximum Gasteiger partial charge on any atom is 0.338 e. The highest BCUT2D eigenvalue weighted by Crippen LogP contribution is 2.34. The maximum absolute atomic E-state index is 13.0. The molecule has 2 aromatic rings. The lowest BCUT2D eigenvalue weighted by Gasteiger charge is -2.31. The molecule has 0 aromatic heterocycles. The largest absolute Gasteiger partial charge is 0.493 e. The van der Waals surface area contributed by atoms with E-state index in [1.165, 1.54) is 7.11 Å². The third-order valence-electron chi connectivity index (χ3n) is 5.11. The second-order valence-electron chi connectivity index (χ2n) is 7.42. The Balaban J connectivity index is 1.98. The van der Waals surface area contributed by atoms with Crippen molar-refractivity contribution in [2.24, 2.45) is 0 Å². The molecule has 1 aliphatic heterocycles. The summed E-state index contributed by atoms with van der Waals surface area (Å²) < 4.78 is 16.0. The molecular weight excluding hydrogens is 410 g/mol. The van der Waals surface area contributed by atoms with E-state index in [1.807, 2.05) is 42.3 Å². The van der Waals surface area contributed by atoms with Crippen molar-refractivity contribution in [2.75, 3.05) is 34.4 Å². The number of benzene rings is 2. The fourth-order valence-electron chi connectivity index (χ4n) is 3.70. The van der Waals surface area contributed by atoms with E-state index in [0.717, 1.165) is 5.56 Å². The summed E-state index contributed by atoms with van der Waals surface area (Å²) in [7, 11) is 5.02. The first-order valence-corrected chi connectivity index (χ1v) is 10.4. The second kappa shape index (κ2) is 10.7. The minimum absolute atomic E-state index is 0.224. The van der Waals surface area contributed by atoms with Crippen molar-refractivity contribution in [2.45, 2.75) is 19.5 Å². The van der Waals surface area contributed by atoms with Gasteiger partial charge in [0.2, 0.25) is 0 Å². The molecule has 0 aliphatic carbocycles. The van der Waals surface area contributed by atoms with Crippen LogP contribution in [0.3, 0.4) is 0 Å². The molecule has 2 amide bonds. The molecule has 2 aromatic carbocycles. The van der Waals surface area contributed by atoms with E-state index >= 15 is 0 Å². The summed E-state index contributed by atoms with van der Waals surface area (Å²) in [6.45, 7) is 2.99. The molecule has 2 N–H and O–H groups in total. The molecule has 0 saturated heterocycles. The van der Waals surface area contributed by atoms with Gasteiger partial charge in [0, 0.05) is 18.8 Å². The monoisotopic (exact) mass is 439 g/mol. The summed E-state index contributed by atoms with van der Waals surface area (Å²) in [6, 6.07) is 14.2. The Kier molecular flexibility index (Phi) is 7.72. The zero-order valence-electron chi connectivity index (χ0n) is 18.8. The number of hydrogen-bond acceptors (Lipinski definition) is 6. The molecule has 3 rings (SSSR count). The van der Waals surface area contributed by atoms with Gasteiger partial charge in [-0.15, -0.1) is 0 Å². The van der Waals surface area contributed by atoms with Crippen molar-refractivity contribution in [1.82, 2.24) is 15.5 Å². The molecule has 1 heterocycles. The van der Waals surface area contributed by atoms with Gasteiger partial charge in [-0.05, 0) is 37.2 Å². The van der Waals surface area contributed by atoms with Gasteiger partial charge in [0.15, 0.2) is 11.5 Å². The number of hydrogen-bond donors (Lipinski definition) is 2. The van der Waals surface area contributed by atoms with Gasteiger partial charge in [-0.2, -0.15) is 0 Å². The van der Waals surface area contributed by atoms with Crippen molar-refractivity contribution in [3.8, 4) is 11.5 Å². The van der Waals surface area contributed by atoms with E-state index in [2.05, 4.69) is 10.6 Å². The Labute approximate surface area is 188 Å². The molecule has 32 heavy (non-hydrogen) atoms. The Morgan fingerprint density at radius 2 is 1.75 bits per heavy atom. The number of carbonyl (C=O) groups is 2. The number of nitrogens with one attached hydrogen (secondary N) is 2. The van der Waals surface area contributed by atoms with Crippen LogP contribution in [0.1, 0.15) is 24.1 Å². The van der Waals surface area contributed by atoms with Crippen LogP contribution in [0, 0.1) is 0 Å². The minimum Gasteiger partial charge on any atom is -0.493 e. The molecule has 1 aliphatic rings. The molecule has 8 nitrogen and oxygen atoms in total. The smallest absolute Gasteiger partial charge is 0.338 e. The van der Waals surface area contributed by atoms with Crippen molar-refractivity contribution < 1.29 is 23.8 Å². The Bertz CT molecular complexity index is 990. The third-order valence-corrected chi connectivity index (χ3v) is 5.11. The van der Waals surface area contributed by atoms with Crippen LogP contribution in [0.2, 0.25) is 0 Å². The molecule has 1 atom stereocenters. The Hall–Kier alpha value is -3.52. The number of methoxy groups -OCH3 is 2. The second-order valence-corrected chi connectivity index (χ2v) is 7.42. The minimum atomic E-state index is -0.692. The van der Waals surface area contributed by atoms with Gasteiger partial charge in [-0.3, -0.25) is 4.90 Å². The number of likely N-dealkylation sites (N-methyl/N-ethyl adjacent to an activating group) is 1. The van der Waals surface area contributed by atoms with Gasteiger partial charge in [-0.1, -0.05) is 36.4 Å². The van der Waals surface area contributed by atoms with Crippen LogP contribution in [0.4, 0.5) is 4.79 Å². The van der Waals surface area contributed by atoms with Crippen LogP contribution in [0.5, 0.6) is 11.5 Å². The van der Waals surface area contributed by atoms with Crippen molar-refractivity contribution in [1.29, 1.82) is 0 Å². The van der Waals surface area contributed by atoms with Gasteiger partial charge in [-0.25, -0.2) is 9.59 Å². The van der Waals surface area contributed by atoms with Crippen LogP contribution in [-0.2, 0) is 16.1 Å². The highest BCUT2D eigenvalue weighted by atomic mass is 16.5. The van der Waals surface area contributed by atoms with Crippen molar-refractivity contribution in [3.63, 3.8) is 0 Å². The van der Waals surface area contributed by atoms with Crippen LogP contribution >= 0.6 is 0 Å². The van der Waals surface area contributed by atoms with Crippen LogP contribution < -0.4 is 20.1 Å². The predicted octanol–water partition coefficient (Wildman–Crippen LogP) is 3.01. The Morgan fingerprint density at radius 3 is 2.41 bits per heavy atom. The molecule has 1 unspecified atom stereocenters. The van der Waals surface area contributed by atoms with Gasteiger partial charge in [0.25, 0.3) is 0 Å². The molecule has 0 fully saturated rings. The number of esters is 1. The Morgan fingerprint density at radius 1 is 1.03 bits per heavy atom. The summed E-state index contributed by atoms with van der Waals surface area (Å²) in [5.41, 5.74) is 2.68. The summed E-state index contributed by atoms with van der Waals surface area (Å²) in [6.07, 6.45) is 0. The van der Waals surface area contributed by atoms with E-state index < -0.39 is 12.0 Å². The van der Waals surface area contributed by atoms with E-state index in [9.17, 15) is 9.59 Å². The summed E-state index contributed by atoms with van der Waals surface area (Å²) >= 11 is 0. The third kappa shape index (κ3) is 5.39. The molecule has 0 radical (unpaired) electrons. The van der Waals surface area contributed by atoms with Gasteiger partial charge in [0.05, 0.1) is 32.4 Å². The number of amides is 2. The van der Waals surface area contributed by atoms with Gasteiger partial charge < -0.3 is 24.8 Å². The fourth-order valence-corrected chi connectivity index (χ4v) is 3.70. The number of ether oxygens (including phenoxy) is 3. The van der Waals surface area contributed by atoms with Crippen LogP contribution in [-0.4, -0.2) is 51.3 Å². The SMILES string of the molecule is CCOC(=O)C1=C(CN(C)Cc2ccccc2)NC(=O)NC1c1ccc(OC)c(OC)c1. The average molecular weight is 440 g/mol. The zero-order chi connectivity index (χ0) is 23.1. The lowest BCUT2D eigenvalue weighted by atomic mass is 9.94. The van der Waals surface area contributed by atoms with Crippen molar-refractivity contribution in [3.05, 3.63) is 70.9 Å². The summed E-state index contributed by atoms with van der Waals surface area (Å²) in [5.74, 6) is 0.577. The number of urea groups is 1. The number of nitrogens with zero attached hydrogens (tertiary/aromatic N) is 1. The standard InChI is InChI=1S/C24H29N3O5/c1-5-32-23(28)21-18(15-27(2)14-16-9-7-6-8-10-16)25-24(29)26-22(21)17-11-12-19(30-3)20(13-17)31-4/h6-13,22H,5,14-15H2,1-4H3,(H2,25,26,29). The molecule has 0 spiro atoms. The normalized spacial score (nSPS) is 15.8. The number of carbonyl (C=O) groups excluding carboxylic acids is 2. The van der Waals surface area contributed by atoms with Gasteiger partial charge in [0.1, 0.15) is 0 Å². The highest BCUT2D eigenvalue weighted by molar-refractivity contribution is 5.95. The first-order chi connectivity index (χ1) is 15.5. The zero-order valence-corrected chi connectivity index (χ0v) is 18.8. The van der Waals surface area contributed by atoms with E-state index in [4.69, 9.17) is 14.2 Å². The fraction of sp³-hybridized carbons (Fsp3) is 0.333. The summed E-state index contributed by atoms with van der Waals surface area (Å²) in [4.78, 5) is 27.5. The quantitative estimate of drug-likeness (QED) is 0.584. The van der Waals surface area contributed by atoms with Crippen LogP contribution in [0.25, 0.3) is 0 Å². The van der Waals surface area contributed by atoms with E-state index in [0.29, 0.717) is 41.4 Å². The van der Waals surface area contributed by atoms with Gasteiger partial charge >= 0.3 is 12.0 Å². The number of rotatable bonds is 9. The molecular formula is C24H29N3O5. The molecule has 8 heteroatoms. The molecule has 170 valence electrons. The first kappa shape index (κ1) is 23.1. The average Bonchev–Trinajstić information content (AvgIpc) is 2.78. The lowest BCUT2D eigenvalue weighted by molar-refractivity contribution is -0.139. The summed E-state index contributed by atoms with van der Waals surface area (Å²) in [5, 5.41) is 5.64. The molecule has 0 bridgehead atoms. The predicted molar refractivity (Wildman–Crippen MR) is 120 cm³/mol. The maximum atomic E-state index is 13.0. The molecule has 0 saturated carbocycles. The van der Waals surface area contributed by atoms with Crippen molar-refractivity contribution >= 4 is 12.0 Å². The van der Waals surface area contributed by atoms with E-state index in [-0.39, 0.29) is 12.6 Å². The van der Waals surface area contributed by atoms with E-state index in [1.54, 1.807) is 32.2 Å². The topological polar surface area (TPSA) is 89.1 Å². The first-order valence-electron chi connectivity index (χ1n) is 10.4. The van der Waals surface area contributed by atoms with Crippen LogP contribution in [0.15, 0.2) is 59.8 Å². The lowest BCUT2D eigenvalue weighted by Crippen LogP contribution is -2.48. The highest BCUT2D eigenvalue weighted by Gasteiger charge is 2.34.